The lowest BCUT2D eigenvalue weighted by Gasteiger charge is -2.42. The summed E-state index contributed by atoms with van der Waals surface area (Å²) in [6, 6.07) is 27.0. The predicted octanol–water partition coefficient (Wildman–Crippen LogP) is 5.00. The van der Waals surface area contributed by atoms with Crippen LogP contribution in [0, 0.1) is 0 Å². The lowest BCUT2D eigenvalue weighted by atomic mass is 9.68. The summed E-state index contributed by atoms with van der Waals surface area (Å²) in [4.78, 5) is 10.9. The third-order valence-corrected chi connectivity index (χ3v) is 8.42. The highest BCUT2D eigenvalue weighted by Crippen LogP contribution is 2.41. The van der Waals surface area contributed by atoms with Crippen LogP contribution >= 0.6 is 0 Å². The molecule has 1 amide bonds. The first kappa shape index (κ1) is 27.6. The largest absolute Gasteiger partial charge is 0.497 e. The summed E-state index contributed by atoms with van der Waals surface area (Å²) in [5.41, 5.74) is 4.07. The van der Waals surface area contributed by atoms with Gasteiger partial charge in [0.1, 0.15) is 5.75 Å². The fraction of sp³-hybridized carbons (Fsp3) is 0.345. The van der Waals surface area contributed by atoms with Crippen molar-refractivity contribution in [1.82, 2.24) is 14.8 Å². The second-order valence-electron chi connectivity index (χ2n) is 9.89. The Labute approximate surface area is 224 Å². The minimum atomic E-state index is -4.18. The maximum atomic E-state index is 12.2. The fourth-order valence-corrected chi connectivity index (χ4v) is 6.05. The molecule has 0 aromatic heterocycles. The van der Waals surface area contributed by atoms with Gasteiger partial charge in [0.15, 0.2) is 0 Å². The molecular weight excluding hydrogens is 502 g/mol. The highest BCUT2D eigenvalue weighted by Gasteiger charge is 2.38. The maximum Gasteiger partial charge on any atom is 0.419 e. The maximum absolute atomic E-state index is 12.2. The summed E-state index contributed by atoms with van der Waals surface area (Å²) in [5.74, 6) is 0.696. The zero-order valence-corrected chi connectivity index (χ0v) is 22.5. The Hall–Kier alpha value is -3.40. The third-order valence-electron chi connectivity index (χ3n) is 7.45. The van der Waals surface area contributed by atoms with E-state index in [4.69, 9.17) is 9.84 Å². The zero-order valence-electron chi connectivity index (χ0n) is 21.7. The van der Waals surface area contributed by atoms with Crippen molar-refractivity contribution in [3.8, 4) is 16.9 Å². The van der Waals surface area contributed by atoms with Crippen LogP contribution in [0.15, 0.2) is 78.9 Å². The molecule has 4 N–H and O–H groups in total. The number of amides is 1. The standard InChI is InChI=1S/C29H35N3O5S/c1-21(22-11-13-24(14-12-22)23-7-4-3-5-8-23)31-26-15-17-29(18-16-26,20-30-38(35,36)32-28(33)34)25-9-6-10-27(19-25)37-2/h3-14,19,21,26,30-32H,15-18,20H2,1-2H3,(H,33,34)/t21?,26-,29-. The second-order valence-corrected chi connectivity index (χ2v) is 11.4. The number of carboxylic acid groups (broad SMARTS) is 1. The SMILES string of the molecule is COc1cccc([C@]2(CNS(=O)(=O)NC(=O)O)CC[C@@H](NC(C)c3ccc(-c4ccccc4)cc3)CC2)c1. The Morgan fingerprint density at radius 1 is 1.00 bits per heavy atom. The van der Waals surface area contributed by atoms with Gasteiger partial charge in [0, 0.05) is 24.0 Å². The quantitative estimate of drug-likeness (QED) is 0.289. The van der Waals surface area contributed by atoms with Crippen LogP contribution in [-0.4, -0.2) is 39.3 Å². The molecule has 3 aromatic rings. The molecule has 0 bridgehead atoms. The van der Waals surface area contributed by atoms with Gasteiger partial charge in [-0.25, -0.2) is 9.52 Å². The molecule has 0 saturated heterocycles. The van der Waals surface area contributed by atoms with Crippen molar-refractivity contribution in [2.75, 3.05) is 13.7 Å². The van der Waals surface area contributed by atoms with E-state index in [1.165, 1.54) is 16.7 Å². The van der Waals surface area contributed by atoms with Crippen LogP contribution in [0.25, 0.3) is 11.1 Å². The third kappa shape index (κ3) is 6.92. The monoisotopic (exact) mass is 537 g/mol. The summed E-state index contributed by atoms with van der Waals surface area (Å²) < 4.78 is 33.9. The van der Waals surface area contributed by atoms with E-state index in [1.807, 2.05) is 42.5 Å². The number of carbonyl (C=O) groups is 1. The highest BCUT2D eigenvalue weighted by molar-refractivity contribution is 7.88. The van der Waals surface area contributed by atoms with E-state index < -0.39 is 21.7 Å². The van der Waals surface area contributed by atoms with Gasteiger partial charge in [-0.3, -0.25) is 0 Å². The molecule has 3 aromatic carbocycles. The molecule has 0 spiro atoms. The van der Waals surface area contributed by atoms with Crippen molar-refractivity contribution in [2.24, 2.45) is 0 Å². The average Bonchev–Trinajstić information content (AvgIpc) is 2.93. The Bertz CT molecular complexity index is 1320. The van der Waals surface area contributed by atoms with Crippen molar-refractivity contribution in [1.29, 1.82) is 0 Å². The van der Waals surface area contributed by atoms with Gasteiger partial charge in [-0.05, 0) is 67.0 Å². The average molecular weight is 538 g/mol. The van der Waals surface area contributed by atoms with Crippen molar-refractivity contribution in [2.45, 2.75) is 50.1 Å². The van der Waals surface area contributed by atoms with Gasteiger partial charge in [-0.2, -0.15) is 13.1 Å². The molecule has 1 fully saturated rings. The van der Waals surface area contributed by atoms with Gasteiger partial charge < -0.3 is 15.2 Å². The van der Waals surface area contributed by atoms with Crippen molar-refractivity contribution in [3.63, 3.8) is 0 Å². The van der Waals surface area contributed by atoms with Crippen LogP contribution < -0.4 is 19.5 Å². The first-order valence-corrected chi connectivity index (χ1v) is 14.2. The highest BCUT2D eigenvalue weighted by atomic mass is 32.2. The number of hydrogen-bond donors (Lipinski definition) is 4. The number of nitrogens with one attached hydrogen (secondary N) is 3. The molecule has 8 nitrogen and oxygen atoms in total. The molecule has 1 unspecified atom stereocenters. The molecule has 1 saturated carbocycles. The van der Waals surface area contributed by atoms with E-state index in [-0.39, 0.29) is 18.6 Å². The smallest absolute Gasteiger partial charge is 0.419 e. The summed E-state index contributed by atoms with van der Waals surface area (Å²) in [7, 11) is -2.58. The Kier molecular flexibility index (Phi) is 8.71. The van der Waals surface area contributed by atoms with Crippen molar-refractivity contribution < 1.29 is 23.1 Å². The van der Waals surface area contributed by atoms with Gasteiger partial charge >= 0.3 is 16.3 Å². The Morgan fingerprint density at radius 3 is 2.29 bits per heavy atom. The summed E-state index contributed by atoms with van der Waals surface area (Å²) in [5, 5.41) is 12.6. The Morgan fingerprint density at radius 2 is 1.66 bits per heavy atom. The van der Waals surface area contributed by atoms with Gasteiger partial charge in [0.25, 0.3) is 0 Å². The first-order chi connectivity index (χ1) is 18.2. The normalized spacial score (nSPS) is 20.4. The first-order valence-electron chi connectivity index (χ1n) is 12.8. The van der Waals surface area contributed by atoms with Crippen molar-refractivity contribution in [3.05, 3.63) is 90.0 Å². The molecule has 38 heavy (non-hydrogen) atoms. The van der Waals surface area contributed by atoms with Crippen LogP contribution in [0.3, 0.4) is 0 Å². The van der Waals surface area contributed by atoms with Gasteiger partial charge in [-0.1, -0.05) is 66.7 Å². The van der Waals surface area contributed by atoms with Crippen LogP contribution in [-0.2, 0) is 15.6 Å². The van der Waals surface area contributed by atoms with Gasteiger partial charge in [0.05, 0.1) is 7.11 Å². The molecule has 0 radical (unpaired) electrons. The van der Waals surface area contributed by atoms with Gasteiger partial charge in [0.2, 0.25) is 0 Å². The molecule has 1 atom stereocenters. The van der Waals surface area contributed by atoms with Gasteiger partial charge in [-0.15, -0.1) is 0 Å². The number of hydrogen-bond acceptors (Lipinski definition) is 5. The molecule has 9 heteroatoms. The van der Waals surface area contributed by atoms with E-state index in [1.54, 1.807) is 11.8 Å². The minimum Gasteiger partial charge on any atom is -0.497 e. The molecule has 1 aliphatic rings. The van der Waals surface area contributed by atoms with Crippen LogP contribution in [0.4, 0.5) is 4.79 Å². The topological polar surface area (TPSA) is 117 Å². The van der Waals surface area contributed by atoms with E-state index in [9.17, 15) is 13.2 Å². The Balaban J connectivity index is 1.44. The lowest BCUT2D eigenvalue weighted by Crippen LogP contribution is -2.49. The van der Waals surface area contributed by atoms with E-state index in [2.05, 4.69) is 53.4 Å². The number of ether oxygens (including phenoxy) is 1. The molecule has 202 valence electrons. The molecule has 0 aliphatic heterocycles. The molecular formula is C29H35N3O5S. The van der Waals surface area contributed by atoms with Crippen LogP contribution in [0.5, 0.6) is 5.75 Å². The van der Waals surface area contributed by atoms with E-state index in [0.717, 1.165) is 31.2 Å². The zero-order chi connectivity index (χ0) is 27.2. The van der Waals surface area contributed by atoms with E-state index in [0.29, 0.717) is 5.75 Å². The fourth-order valence-electron chi connectivity index (χ4n) is 5.29. The molecule has 0 heterocycles. The van der Waals surface area contributed by atoms with E-state index >= 15 is 0 Å². The predicted molar refractivity (Wildman–Crippen MR) is 148 cm³/mol. The van der Waals surface area contributed by atoms with Crippen molar-refractivity contribution >= 4 is 16.3 Å². The number of rotatable bonds is 10. The number of methoxy groups -OCH3 is 1. The molecule has 4 rings (SSSR count). The van der Waals surface area contributed by atoms with Crippen LogP contribution in [0.2, 0.25) is 0 Å². The lowest BCUT2D eigenvalue weighted by molar-refractivity contribution is 0.200. The van der Waals surface area contributed by atoms with Crippen LogP contribution in [0.1, 0.15) is 49.8 Å². The molecule has 1 aliphatic carbocycles. The minimum absolute atomic E-state index is 0.0893. The summed E-state index contributed by atoms with van der Waals surface area (Å²) in [6.45, 7) is 2.25. The second kappa shape index (κ2) is 12.0. The number of benzene rings is 3. The summed E-state index contributed by atoms with van der Waals surface area (Å²) >= 11 is 0. The summed E-state index contributed by atoms with van der Waals surface area (Å²) in [6.07, 6.45) is 1.53.